The Bertz CT molecular complexity index is 666. The lowest BCUT2D eigenvalue weighted by atomic mass is 10.1. The quantitative estimate of drug-likeness (QED) is 0.785. The summed E-state index contributed by atoms with van der Waals surface area (Å²) < 4.78 is 12.1. The van der Waals surface area contributed by atoms with Crippen LogP contribution in [0.4, 0.5) is 0 Å². The second kappa shape index (κ2) is 6.53. The van der Waals surface area contributed by atoms with E-state index < -0.39 is 10.8 Å². The zero-order valence-electron chi connectivity index (χ0n) is 10.7. The van der Waals surface area contributed by atoms with E-state index in [1.807, 2.05) is 19.1 Å². The molecule has 0 amide bonds. The molecule has 0 aliphatic heterocycles. The summed E-state index contributed by atoms with van der Waals surface area (Å²) in [5.41, 5.74) is 1.43. The third-order valence-electron chi connectivity index (χ3n) is 2.78. The number of benzene rings is 2. The molecule has 0 radical (unpaired) electrons. The van der Waals surface area contributed by atoms with Gasteiger partial charge in [-0.1, -0.05) is 40.9 Å². The molecule has 1 unspecified atom stereocenters. The highest BCUT2D eigenvalue weighted by molar-refractivity contribution is 7.85. The average Bonchev–Trinajstić information content (AvgIpc) is 2.39. The molecular weight excluding hydrogens is 315 g/mol. The SMILES string of the molecule is Cc1ccc(S(=O)CC(=O)c2ccc(Cl)cc2Cl)cc1. The standard InChI is InChI=1S/C15H12Cl2O2S/c1-10-2-5-12(6-3-10)20(19)9-15(18)13-7-4-11(16)8-14(13)17/h2-8H,9H2,1H3. The van der Waals surface area contributed by atoms with Crippen molar-refractivity contribution in [3.63, 3.8) is 0 Å². The fraction of sp³-hybridized carbons (Fsp3) is 0.133. The Kier molecular flexibility index (Phi) is 4.97. The first-order chi connectivity index (χ1) is 9.47. The summed E-state index contributed by atoms with van der Waals surface area (Å²) in [6.45, 7) is 1.95. The molecule has 2 rings (SSSR count). The van der Waals surface area contributed by atoms with Gasteiger partial charge in [-0.05, 0) is 37.3 Å². The predicted octanol–water partition coefficient (Wildman–Crippen LogP) is 4.29. The summed E-state index contributed by atoms with van der Waals surface area (Å²) in [6.07, 6.45) is 0. The topological polar surface area (TPSA) is 34.1 Å². The van der Waals surface area contributed by atoms with Crippen LogP contribution in [0.1, 0.15) is 15.9 Å². The minimum absolute atomic E-state index is 0.0928. The third-order valence-corrected chi connectivity index (χ3v) is 4.65. The van der Waals surface area contributed by atoms with E-state index >= 15 is 0 Å². The molecule has 0 N–H and O–H groups in total. The number of halogens is 2. The number of Topliss-reactive ketones (excluding diaryl/α,β-unsaturated/α-hetero) is 1. The van der Waals surface area contributed by atoms with Crippen LogP contribution in [0.15, 0.2) is 47.4 Å². The Morgan fingerprint density at radius 1 is 1.10 bits per heavy atom. The van der Waals surface area contributed by atoms with Crippen molar-refractivity contribution in [3.8, 4) is 0 Å². The first-order valence-corrected chi connectivity index (χ1v) is 7.98. The van der Waals surface area contributed by atoms with E-state index in [0.717, 1.165) is 5.56 Å². The number of carbonyl (C=O) groups excluding carboxylic acids is 1. The Balaban J connectivity index is 2.15. The highest BCUT2D eigenvalue weighted by Crippen LogP contribution is 2.22. The summed E-state index contributed by atoms with van der Waals surface area (Å²) in [5, 5.41) is 0.745. The van der Waals surface area contributed by atoms with Gasteiger partial charge in [0.2, 0.25) is 0 Å². The third kappa shape index (κ3) is 3.69. The fourth-order valence-electron chi connectivity index (χ4n) is 1.69. The first-order valence-electron chi connectivity index (χ1n) is 5.90. The molecule has 2 aromatic carbocycles. The van der Waals surface area contributed by atoms with Gasteiger partial charge in [0.15, 0.2) is 5.78 Å². The van der Waals surface area contributed by atoms with Gasteiger partial charge < -0.3 is 0 Å². The second-order valence-electron chi connectivity index (χ2n) is 4.35. The van der Waals surface area contributed by atoms with Gasteiger partial charge in [-0.25, -0.2) is 0 Å². The van der Waals surface area contributed by atoms with Crippen LogP contribution < -0.4 is 0 Å². The molecule has 0 saturated carbocycles. The largest absolute Gasteiger partial charge is 0.293 e. The Labute approximate surface area is 130 Å². The van der Waals surface area contributed by atoms with E-state index in [0.29, 0.717) is 15.5 Å². The van der Waals surface area contributed by atoms with Crippen LogP contribution in [0.5, 0.6) is 0 Å². The lowest BCUT2D eigenvalue weighted by Gasteiger charge is -2.05. The van der Waals surface area contributed by atoms with Gasteiger partial charge in [0, 0.05) is 15.5 Å². The molecule has 2 nitrogen and oxygen atoms in total. The molecule has 0 bridgehead atoms. The maximum absolute atomic E-state index is 12.1. The number of rotatable bonds is 4. The van der Waals surface area contributed by atoms with Crippen LogP contribution in [-0.2, 0) is 10.8 Å². The van der Waals surface area contributed by atoms with E-state index in [1.165, 1.54) is 6.07 Å². The number of hydrogen-bond donors (Lipinski definition) is 0. The predicted molar refractivity (Wildman–Crippen MR) is 83.2 cm³/mol. The molecule has 2 aromatic rings. The molecule has 5 heteroatoms. The molecular formula is C15H12Cl2O2S. The molecule has 1 atom stereocenters. The molecule has 0 aliphatic rings. The minimum Gasteiger partial charge on any atom is -0.293 e. The van der Waals surface area contributed by atoms with Crippen LogP contribution >= 0.6 is 23.2 Å². The lowest BCUT2D eigenvalue weighted by molar-refractivity contribution is 0.102. The van der Waals surface area contributed by atoms with Crippen molar-refractivity contribution in [2.45, 2.75) is 11.8 Å². The van der Waals surface area contributed by atoms with Crippen molar-refractivity contribution < 1.29 is 9.00 Å². The van der Waals surface area contributed by atoms with E-state index in [9.17, 15) is 9.00 Å². The number of hydrogen-bond acceptors (Lipinski definition) is 2. The summed E-state index contributed by atoms with van der Waals surface area (Å²) in [6, 6.07) is 11.9. The smallest absolute Gasteiger partial charge is 0.177 e. The normalized spacial score (nSPS) is 12.2. The van der Waals surface area contributed by atoms with Crippen molar-refractivity contribution in [1.29, 1.82) is 0 Å². The van der Waals surface area contributed by atoms with Gasteiger partial charge in [0.1, 0.15) is 0 Å². The second-order valence-corrected chi connectivity index (χ2v) is 6.65. The van der Waals surface area contributed by atoms with Crippen molar-refractivity contribution in [3.05, 3.63) is 63.6 Å². The van der Waals surface area contributed by atoms with Crippen molar-refractivity contribution in [2.75, 3.05) is 5.75 Å². The summed E-state index contributed by atoms with van der Waals surface area (Å²) in [5.74, 6) is -0.352. The molecule has 0 aromatic heterocycles. The van der Waals surface area contributed by atoms with Gasteiger partial charge in [-0.3, -0.25) is 9.00 Å². The summed E-state index contributed by atoms with van der Waals surface area (Å²) >= 11 is 11.8. The van der Waals surface area contributed by atoms with Crippen LogP contribution in [0, 0.1) is 6.92 Å². The lowest BCUT2D eigenvalue weighted by Crippen LogP contribution is -2.11. The van der Waals surface area contributed by atoms with Gasteiger partial charge in [0.05, 0.1) is 21.6 Å². The number of carbonyl (C=O) groups is 1. The van der Waals surface area contributed by atoms with Gasteiger partial charge >= 0.3 is 0 Å². The molecule has 0 saturated heterocycles. The highest BCUT2D eigenvalue weighted by atomic mass is 35.5. The minimum atomic E-state index is -1.38. The highest BCUT2D eigenvalue weighted by Gasteiger charge is 2.15. The van der Waals surface area contributed by atoms with E-state index in [-0.39, 0.29) is 16.6 Å². The van der Waals surface area contributed by atoms with Crippen molar-refractivity contribution in [2.24, 2.45) is 0 Å². The van der Waals surface area contributed by atoms with E-state index in [2.05, 4.69) is 0 Å². The molecule has 0 fully saturated rings. The maximum Gasteiger partial charge on any atom is 0.177 e. The Hall–Kier alpha value is -1.16. The molecule has 20 heavy (non-hydrogen) atoms. The van der Waals surface area contributed by atoms with Crippen LogP contribution in [-0.4, -0.2) is 15.7 Å². The van der Waals surface area contributed by atoms with Gasteiger partial charge in [0.25, 0.3) is 0 Å². The Morgan fingerprint density at radius 2 is 1.75 bits per heavy atom. The van der Waals surface area contributed by atoms with Crippen LogP contribution in [0.2, 0.25) is 10.0 Å². The van der Waals surface area contributed by atoms with Crippen LogP contribution in [0.3, 0.4) is 0 Å². The molecule has 0 spiro atoms. The first kappa shape index (κ1) is 15.2. The Morgan fingerprint density at radius 3 is 2.35 bits per heavy atom. The molecule has 0 aliphatic carbocycles. The van der Waals surface area contributed by atoms with E-state index in [4.69, 9.17) is 23.2 Å². The van der Waals surface area contributed by atoms with Crippen LogP contribution in [0.25, 0.3) is 0 Å². The van der Waals surface area contributed by atoms with Gasteiger partial charge in [-0.2, -0.15) is 0 Å². The zero-order valence-corrected chi connectivity index (χ0v) is 13.1. The van der Waals surface area contributed by atoms with E-state index in [1.54, 1.807) is 24.3 Å². The fourth-order valence-corrected chi connectivity index (χ4v) is 3.20. The average molecular weight is 327 g/mol. The summed E-state index contributed by atoms with van der Waals surface area (Å²) in [7, 11) is -1.38. The number of ketones is 1. The van der Waals surface area contributed by atoms with Crippen molar-refractivity contribution >= 4 is 39.8 Å². The summed E-state index contributed by atoms with van der Waals surface area (Å²) in [4.78, 5) is 12.7. The zero-order chi connectivity index (χ0) is 14.7. The number of aryl methyl sites for hydroxylation is 1. The van der Waals surface area contributed by atoms with Gasteiger partial charge in [-0.15, -0.1) is 0 Å². The van der Waals surface area contributed by atoms with Crippen molar-refractivity contribution in [1.82, 2.24) is 0 Å². The molecule has 0 heterocycles. The maximum atomic E-state index is 12.1. The molecule has 104 valence electrons. The monoisotopic (exact) mass is 326 g/mol.